The van der Waals surface area contributed by atoms with Gasteiger partial charge in [-0.25, -0.2) is 8.42 Å². The van der Waals surface area contributed by atoms with Crippen molar-refractivity contribution in [2.24, 2.45) is 0 Å². The summed E-state index contributed by atoms with van der Waals surface area (Å²) in [4.78, 5) is 15.6. The lowest BCUT2D eigenvalue weighted by Gasteiger charge is -2.33. The van der Waals surface area contributed by atoms with Crippen molar-refractivity contribution in [3.05, 3.63) is 41.8 Å². The molecule has 0 saturated carbocycles. The molecule has 1 fully saturated rings. The topological polar surface area (TPSA) is 127 Å². The number of amides is 1. The maximum atomic E-state index is 12.9. The third-order valence-electron chi connectivity index (χ3n) is 4.92. The zero-order chi connectivity index (χ0) is 21.3. The number of carbonyl (C=O) groups excluding carboxylic acids is 1. The van der Waals surface area contributed by atoms with E-state index in [0.29, 0.717) is 11.5 Å². The van der Waals surface area contributed by atoms with Crippen molar-refractivity contribution in [2.45, 2.75) is 25.3 Å². The van der Waals surface area contributed by atoms with Crippen LogP contribution >= 0.6 is 0 Å². The molecule has 0 radical (unpaired) electrons. The SMILES string of the molecule is Cc1noc(C)c1S(=O)(=O)N1CCN(C(=O)Cn2nnc(-c3ccccc3)n2)CC1. The van der Waals surface area contributed by atoms with E-state index >= 15 is 0 Å². The number of carbonyl (C=O) groups is 1. The Morgan fingerprint density at radius 2 is 1.80 bits per heavy atom. The maximum absolute atomic E-state index is 12.9. The summed E-state index contributed by atoms with van der Waals surface area (Å²) in [5, 5.41) is 15.9. The second kappa shape index (κ2) is 7.95. The predicted molar refractivity (Wildman–Crippen MR) is 105 cm³/mol. The van der Waals surface area contributed by atoms with Crippen molar-refractivity contribution in [1.82, 2.24) is 34.6 Å². The van der Waals surface area contributed by atoms with E-state index in [2.05, 4.69) is 20.6 Å². The lowest BCUT2D eigenvalue weighted by atomic mass is 10.2. The van der Waals surface area contributed by atoms with Crippen LogP contribution in [0.5, 0.6) is 0 Å². The molecule has 30 heavy (non-hydrogen) atoms. The van der Waals surface area contributed by atoms with Gasteiger partial charge in [0.1, 0.15) is 17.1 Å². The number of hydrogen-bond acceptors (Lipinski definition) is 8. The number of aromatic nitrogens is 5. The van der Waals surface area contributed by atoms with Gasteiger partial charge >= 0.3 is 0 Å². The smallest absolute Gasteiger partial charge is 0.248 e. The molecular weight excluding hydrogens is 410 g/mol. The predicted octanol–water partition coefficient (Wildman–Crippen LogP) is 0.478. The van der Waals surface area contributed by atoms with Crippen molar-refractivity contribution < 1.29 is 17.7 Å². The van der Waals surface area contributed by atoms with Crippen molar-refractivity contribution in [2.75, 3.05) is 26.2 Å². The van der Waals surface area contributed by atoms with E-state index in [1.165, 1.54) is 9.10 Å². The second-order valence-electron chi connectivity index (χ2n) is 6.95. The molecule has 4 rings (SSSR count). The maximum Gasteiger partial charge on any atom is 0.248 e. The van der Waals surface area contributed by atoms with Crippen LogP contribution in [0, 0.1) is 13.8 Å². The van der Waals surface area contributed by atoms with Crippen LogP contribution in [0.1, 0.15) is 11.5 Å². The lowest BCUT2D eigenvalue weighted by molar-refractivity contribution is -0.133. The molecule has 0 N–H and O–H groups in total. The Bertz CT molecular complexity index is 1130. The summed E-state index contributed by atoms with van der Waals surface area (Å²) in [5.41, 5.74) is 1.15. The van der Waals surface area contributed by atoms with Gasteiger partial charge in [0.2, 0.25) is 21.8 Å². The highest BCUT2D eigenvalue weighted by Crippen LogP contribution is 2.24. The van der Waals surface area contributed by atoms with Crippen LogP contribution in [-0.4, -0.2) is 75.1 Å². The first-order valence-electron chi connectivity index (χ1n) is 9.40. The van der Waals surface area contributed by atoms with Gasteiger partial charge in [-0.05, 0) is 19.1 Å². The van der Waals surface area contributed by atoms with Crippen molar-refractivity contribution in [1.29, 1.82) is 0 Å². The van der Waals surface area contributed by atoms with E-state index < -0.39 is 10.0 Å². The molecule has 1 aromatic carbocycles. The van der Waals surface area contributed by atoms with Crippen LogP contribution in [0.4, 0.5) is 0 Å². The molecule has 0 aliphatic carbocycles. The Kier molecular flexibility index (Phi) is 5.35. The van der Waals surface area contributed by atoms with Gasteiger partial charge in [0, 0.05) is 31.7 Å². The molecule has 1 saturated heterocycles. The van der Waals surface area contributed by atoms with E-state index in [0.717, 1.165) is 5.56 Å². The molecule has 0 unspecified atom stereocenters. The Balaban J connectivity index is 1.38. The van der Waals surface area contributed by atoms with Gasteiger partial charge in [-0.1, -0.05) is 35.5 Å². The lowest BCUT2D eigenvalue weighted by Crippen LogP contribution is -2.51. The summed E-state index contributed by atoms with van der Waals surface area (Å²) >= 11 is 0. The minimum Gasteiger partial charge on any atom is -0.360 e. The van der Waals surface area contributed by atoms with Crippen molar-refractivity contribution >= 4 is 15.9 Å². The molecule has 2 aromatic heterocycles. The number of sulfonamides is 1. The standard InChI is InChI=1S/C18H21N7O4S/c1-13-17(14(2)29-21-13)30(27,28)24-10-8-23(9-11-24)16(26)12-25-20-18(19-22-25)15-6-4-3-5-7-15/h3-7H,8-12H2,1-2H3. The Hall–Kier alpha value is -3.12. The van der Waals surface area contributed by atoms with E-state index in [1.807, 2.05) is 30.3 Å². The molecule has 158 valence electrons. The van der Waals surface area contributed by atoms with Gasteiger partial charge in [-0.3, -0.25) is 4.79 Å². The number of rotatable bonds is 5. The summed E-state index contributed by atoms with van der Waals surface area (Å²) in [6.45, 7) is 4.05. The first kappa shape index (κ1) is 20.2. The fraction of sp³-hybridized carbons (Fsp3) is 0.389. The summed E-state index contributed by atoms with van der Waals surface area (Å²) in [7, 11) is -3.72. The van der Waals surface area contributed by atoms with E-state index in [9.17, 15) is 13.2 Å². The normalized spacial score (nSPS) is 15.5. The van der Waals surface area contributed by atoms with Crippen LogP contribution in [0.25, 0.3) is 11.4 Å². The van der Waals surface area contributed by atoms with Crippen molar-refractivity contribution in [3.63, 3.8) is 0 Å². The number of hydrogen-bond donors (Lipinski definition) is 0. The first-order valence-corrected chi connectivity index (χ1v) is 10.8. The monoisotopic (exact) mass is 431 g/mol. The van der Waals surface area contributed by atoms with Gasteiger partial charge in [-0.2, -0.15) is 9.10 Å². The molecule has 11 nitrogen and oxygen atoms in total. The van der Waals surface area contributed by atoms with Gasteiger partial charge in [0.15, 0.2) is 5.76 Å². The third-order valence-corrected chi connectivity index (χ3v) is 7.06. The van der Waals surface area contributed by atoms with Gasteiger partial charge in [-0.15, -0.1) is 10.2 Å². The third kappa shape index (κ3) is 3.83. The molecule has 3 heterocycles. The first-order chi connectivity index (χ1) is 14.4. The van der Waals surface area contributed by atoms with Crippen LogP contribution < -0.4 is 0 Å². The number of piperazine rings is 1. The molecule has 3 aromatic rings. The van der Waals surface area contributed by atoms with E-state index in [1.54, 1.807) is 18.7 Å². The molecule has 0 bridgehead atoms. The highest BCUT2D eigenvalue weighted by molar-refractivity contribution is 7.89. The average Bonchev–Trinajstić information content (AvgIpc) is 3.35. The Morgan fingerprint density at radius 3 is 2.43 bits per heavy atom. The van der Waals surface area contributed by atoms with E-state index in [4.69, 9.17) is 4.52 Å². The van der Waals surface area contributed by atoms with Gasteiger partial charge in [0.05, 0.1) is 0 Å². The number of nitrogens with zero attached hydrogens (tertiary/aromatic N) is 7. The molecule has 1 amide bonds. The summed E-state index contributed by atoms with van der Waals surface area (Å²) in [6.07, 6.45) is 0. The highest BCUT2D eigenvalue weighted by Gasteiger charge is 2.34. The van der Waals surface area contributed by atoms with Crippen LogP contribution in [0.2, 0.25) is 0 Å². The van der Waals surface area contributed by atoms with Crippen molar-refractivity contribution in [3.8, 4) is 11.4 Å². The molecule has 0 spiro atoms. The van der Waals surface area contributed by atoms with Gasteiger partial charge in [0.25, 0.3) is 0 Å². The molecule has 1 aliphatic rings. The molecular formula is C18H21N7O4S. The fourth-order valence-electron chi connectivity index (χ4n) is 3.38. The summed E-state index contributed by atoms with van der Waals surface area (Å²) < 4.78 is 32.1. The largest absolute Gasteiger partial charge is 0.360 e. The zero-order valence-electron chi connectivity index (χ0n) is 16.6. The summed E-state index contributed by atoms with van der Waals surface area (Å²) in [6, 6.07) is 9.36. The zero-order valence-corrected chi connectivity index (χ0v) is 17.4. The van der Waals surface area contributed by atoms with Crippen LogP contribution in [-0.2, 0) is 21.4 Å². The Labute approximate surface area is 173 Å². The van der Waals surface area contributed by atoms with Crippen LogP contribution in [0.3, 0.4) is 0 Å². The number of tetrazole rings is 1. The molecule has 12 heteroatoms. The second-order valence-corrected chi connectivity index (χ2v) is 8.82. The van der Waals surface area contributed by atoms with Crippen LogP contribution in [0.15, 0.2) is 39.8 Å². The number of benzene rings is 1. The number of aryl methyl sites for hydroxylation is 2. The molecule has 0 atom stereocenters. The minimum absolute atomic E-state index is 0.0591. The van der Waals surface area contributed by atoms with Gasteiger partial charge < -0.3 is 9.42 Å². The molecule has 1 aliphatic heterocycles. The highest BCUT2D eigenvalue weighted by atomic mass is 32.2. The quantitative estimate of drug-likeness (QED) is 0.571. The average molecular weight is 431 g/mol. The van der Waals surface area contributed by atoms with E-state index in [-0.39, 0.29) is 49.3 Å². The Morgan fingerprint density at radius 1 is 1.10 bits per heavy atom. The summed E-state index contributed by atoms with van der Waals surface area (Å²) in [5.74, 6) is 0.512. The fourth-order valence-corrected chi connectivity index (χ4v) is 5.10. The minimum atomic E-state index is -3.72.